The molecule has 0 aromatic carbocycles. The molecule has 1 rings (SSSR count). The molecule has 0 radical (unpaired) electrons. The summed E-state index contributed by atoms with van der Waals surface area (Å²) in [6, 6.07) is 0. The number of ether oxygens (including phenoxy) is 3. The van der Waals surface area contributed by atoms with Crippen molar-refractivity contribution in [1.82, 2.24) is 0 Å². The van der Waals surface area contributed by atoms with Gasteiger partial charge in [0, 0.05) is 19.8 Å². The van der Waals surface area contributed by atoms with Crippen LogP contribution in [0.5, 0.6) is 0 Å². The quantitative estimate of drug-likeness (QED) is 0.648. The minimum atomic E-state index is -2.97. The van der Waals surface area contributed by atoms with Crippen LogP contribution in [-0.4, -0.2) is 45.7 Å². The lowest BCUT2D eigenvalue weighted by Gasteiger charge is -2.36. The second-order valence-corrected chi connectivity index (χ2v) is 6.23. The molecule has 0 saturated carbocycles. The first-order valence-electron chi connectivity index (χ1n) is 6.12. The lowest BCUT2D eigenvalue weighted by molar-refractivity contribution is -0.398. The van der Waals surface area contributed by atoms with Crippen LogP contribution >= 0.6 is 0 Å². The van der Waals surface area contributed by atoms with Gasteiger partial charge in [0.25, 0.3) is 5.97 Å². The monoisotopic (exact) mass is 266 g/mol. The molecule has 0 aliphatic carbocycles. The Labute approximate surface area is 103 Å². The van der Waals surface area contributed by atoms with E-state index < -0.39 is 15.8 Å². The molecule has 0 aromatic heterocycles. The molecule has 1 atom stereocenters. The lowest BCUT2D eigenvalue weighted by atomic mass is 10.1. The fourth-order valence-corrected chi connectivity index (χ4v) is 3.95. The summed E-state index contributed by atoms with van der Waals surface area (Å²) in [4.78, 5) is 0. The Morgan fingerprint density at radius 3 is 1.82 bits per heavy atom. The molecular formula is C11H22O5S. The Kier molecular flexibility index (Phi) is 5.37. The Hall–Kier alpha value is -0.170. The average Bonchev–Trinajstić information content (AvgIpc) is 2.60. The van der Waals surface area contributed by atoms with E-state index in [-0.39, 0.29) is 17.4 Å². The average molecular weight is 266 g/mol. The van der Waals surface area contributed by atoms with Crippen molar-refractivity contribution in [2.45, 2.75) is 33.2 Å². The van der Waals surface area contributed by atoms with Gasteiger partial charge in [-0.3, -0.25) is 0 Å². The molecular weight excluding hydrogens is 244 g/mol. The highest BCUT2D eigenvalue weighted by atomic mass is 32.2. The van der Waals surface area contributed by atoms with Gasteiger partial charge in [0.2, 0.25) is 0 Å². The van der Waals surface area contributed by atoms with Crippen molar-refractivity contribution in [2.24, 2.45) is 5.92 Å². The van der Waals surface area contributed by atoms with Crippen molar-refractivity contribution in [3.63, 3.8) is 0 Å². The minimum Gasteiger partial charge on any atom is -0.328 e. The highest BCUT2D eigenvalue weighted by Gasteiger charge is 2.47. The molecule has 0 amide bonds. The van der Waals surface area contributed by atoms with Gasteiger partial charge in [0.1, 0.15) is 0 Å². The molecule has 102 valence electrons. The van der Waals surface area contributed by atoms with E-state index >= 15 is 0 Å². The molecule has 1 fully saturated rings. The summed E-state index contributed by atoms with van der Waals surface area (Å²) in [6.45, 7) is 6.81. The van der Waals surface area contributed by atoms with Gasteiger partial charge in [-0.15, -0.1) is 0 Å². The Morgan fingerprint density at radius 1 is 1.06 bits per heavy atom. The molecule has 1 unspecified atom stereocenters. The van der Waals surface area contributed by atoms with E-state index in [9.17, 15) is 8.42 Å². The van der Waals surface area contributed by atoms with Gasteiger partial charge < -0.3 is 14.2 Å². The van der Waals surface area contributed by atoms with Crippen LogP contribution in [0.4, 0.5) is 0 Å². The van der Waals surface area contributed by atoms with E-state index in [1.165, 1.54) is 0 Å². The summed E-state index contributed by atoms with van der Waals surface area (Å²) < 4.78 is 39.8. The van der Waals surface area contributed by atoms with Crippen molar-refractivity contribution < 1.29 is 22.6 Å². The van der Waals surface area contributed by atoms with Crippen LogP contribution in [0, 0.1) is 5.92 Å². The van der Waals surface area contributed by atoms with Crippen LogP contribution in [0.3, 0.4) is 0 Å². The van der Waals surface area contributed by atoms with Gasteiger partial charge >= 0.3 is 0 Å². The van der Waals surface area contributed by atoms with Crippen LogP contribution in [0.25, 0.3) is 0 Å². The highest BCUT2D eigenvalue weighted by molar-refractivity contribution is 7.91. The lowest BCUT2D eigenvalue weighted by Crippen LogP contribution is -2.47. The summed E-state index contributed by atoms with van der Waals surface area (Å²) in [5, 5.41) is 0. The van der Waals surface area contributed by atoms with Crippen molar-refractivity contribution in [3.8, 4) is 0 Å². The predicted molar refractivity (Wildman–Crippen MR) is 64.4 cm³/mol. The summed E-state index contributed by atoms with van der Waals surface area (Å²) in [5.74, 6) is -1.17. The Balaban J connectivity index is 2.87. The molecule has 0 spiro atoms. The molecule has 1 aliphatic heterocycles. The molecule has 5 nitrogen and oxygen atoms in total. The largest absolute Gasteiger partial charge is 0.328 e. The molecule has 1 saturated heterocycles. The molecule has 0 bridgehead atoms. The van der Waals surface area contributed by atoms with Gasteiger partial charge in [-0.1, -0.05) is 0 Å². The van der Waals surface area contributed by atoms with Crippen LogP contribution in [0.15, 0.2) is 0 Å². The first kappa shape index (κ1) is 14.9. The molecule has 0 N–H and O–H groups in total. The second-order valence-electron chi connectivity index (χ2n) is 4.00. The van der Waals surface area contributed by atoms with Gasteiger partial charge in [-0.05, 0) is 27.2 Å². The highest BCUT2D eigenvalue weighted by Crippen LogP contribution is 2.34. The fourth-order valence-electron chi connectivity index (χ4n) is 2.16. The zero-order valence-corrected chi connectivity index (χ0v) is 11.6. The number of hydrogen-bond acceptors (Lipinski definition) is 5. The van der Waals surface area contributed by atoms with Crippen LogP contribution in [0.2, 0.25) is 0 Å². The van der Waals surface area contributed by atoms with Gasteiger partial charge in [0.05, 0.1) is 17.4 Å². The standard InChI is InChI=1S/C11H22O5S/c1-4-14-11(15-5-2,16-6-3)10-7-8-17(12,13)9-10/h10H,4-9H2,1-3H3. The van der Waals surface area contributed by atoms with Gasteiger partial charge in [-0.2, -0.15) is 0 Å². The third-order valence-corrected chi connectivity index (χ3v) is 4.54. The van der Waals surface area contributed by atoms with E-state index in [0.717, 1.165) is 0 Å². The number of hydrogen-bond donors (Lipinski definition) is 0. The normalized spacial score (nSPS) is 24.1. The molecule has 6 heteroatoms. The van der Waals surface area contributed by atoms with E-state index in [4.69, 9.17) is 14.2 Å². The zero-order valence-electron chi connectivity index (χ0n) is 10.8. The second kappa shape index (κ2) is 6.13. The third-order valence-electron chi connectivity index (χ3n) is 2.77. The SMILES string of the molecule is CCOC(OCC)(OCC)C1CCS(=O)(=O)C1. The smallest absolute Gasteiger partial charge is 0.286 e. The maximum absolute atomic E-state index is 11.5. The molecule has 0 aromatic rings. The number of sulfone groups is 1. The topological polar surface area (TPSA) is 61.8 Å². The third kappa shape index (κ3) is 3.64. The van der Waals surface area contributed by atoms with Gasteiger partial charge in [0.15, 0.2) is 9.84 Å². The van der Waals surface area contributed by atoms with Gasteiger partial charge in [-0.25, -0.2) is 8.42 Å². The van der Waals surface area contributed by atoms with Crippen LogP contribution in [0.1, 0.15) is 27.2 Å². The summed E-state index contributed by atoms with van der Waals surface area (Å²) in [7, 11) is -2.97. The summed E-state index contributed by atoms with van der Waals surface area (Å²) >= 11 is 0. The molecule has 1 heterocycles. The van der Waals surface area contributed by atoms with Crippen molar-refractivity contribution in [3.05, 3.63) is 0 Å². The first-order valence-corrected chi connectivity index (χ1v) is 7.94. The van der Waals surface area contributed by atoms with E-state index in [0.29, 0.717) is 26.2 Å². The first-order chi connectivity index (χ1) is 7.99. The van der Waals surface area contributed by atoms with E-state index in [2.05, 4.69) is 0 Å². The summed E-state index contributed by atoms with van der Waals surface area (Å²) in [5.41, 5.74) is 0. The maximum Gasteiger partial charge on any atom is 0.286 e. The van der Waals surface area contributed by atoms with E-state index in [1.807, 2.05) is 20.8 Å². The minimum absolute atomic E-state index is 0.0764. The fraction of sp³-hybridized carbons (Fsp3) is 1.00. The maximum atomic E-state index is 11.5. The Morgan fingerprint density at radius 2 is 1.53 bits per heavy atom. The van der Waals surface area contributed by atoms with E-state index in [1.54, 1.807) is 0 Å². The van der Waals surface area contributed by atoms with Crippen molar-refractivity contribution in [2.75, 3.05) is 31.3 Å². The Bertz CT molecular complexity index is 308. The van der Waals surface area contributed by atoms with Crippen molar-refractivity contribution >= 4 is 9.84 Å². The van der Waals surface area contributed by atoms with Crippen LogP contribution in [-0.2, 0) is 24.0 Å². The zero-order chi connectivity index (χ0) is 12.9. The molecule has 17 heavy (non-hydrogen) atoms. The van der Waals surface area contributed by atoms with Crippen LogP contribution < -0.4 is 0 Å². The van der Waals surface area contributed by atoms with Crippen molar-refractivity contribution in [1.29, 1.82) is 0 Å². The summed E-state index contributed by atoms with van der Waals surface area (Å²) in [6.07, 6.45) is 0.530. The number of rotatable bonds is 7. The molecule has 1 aliphatic rings. The predicted octanol–water partition coefficient (Wildman–Crippen LogP) is 1.18.